The molecule has 0 saturated heterocycles. The molecule has 0 saturated carbocycles. The van der Waals surface area contributed by atoms with E-state index in [0.29, 0.717) is 12.2 Å². The molecule has 118 valence electrons. The molecule has 1 N–H and O–H groups in total. The lowest BCUT2D eigenvalue weighted by molar-refractivity contribution is 0.0945. The lowest BCUT2D eigenvalue weighted by Crippen LogP contribution is -2.23. The van der Waals surface area contributed by atoms with Gasteiger partial charge in [0.25, 0.3) is 5.91 Å². The second-order valence-electron chi connectivity index (χ2n) is 5.46. The summed E-state index contributed by atoms with van der Waals surface area (Å²) in [5, 5.41) is 11.2. The van der Waals surface area contributed by atoms with Gasteiger partial charge in [-0.05, 0) is 24.6 Å². The fourth-order valence-corrected chi connectivity index (χ4v) is 2.26. The van der Waals surface area contributed by atoms with Crippen LogP contribution in [0.25, 0.3) is 11.1 Å². The van der Waals surface area contributed by atoms with Crippen LogP contribution in [0.5, 0.6) is 0 Å². The van der Waals surface area contributed by atoms with Crippen LogP contribution < -0.4 is 5.32 Å². The summed E-state index contributed by atoms with van der Waals surface area (Å²) in [5.74, 6) is -0.194. The first-order chi connectivity index (χ1) is 11.0. The minimum atomic E-state index is -0.194. The zero-order valence-corrected chi connectivity index (χ0v) is 13.3. The number of rotatable bonds is 4. The van der Waals surface area contributed by atoms with E-state index in [4.69, 9.17) is 0 Å². The van der Waals surface area contributed by atoms with Gasteiger partial charge in [0.15, 0.2) is 0 Å². The van der Waals surface area contributed by atoms with E-state index in [9.17, 15) is 4.79 Å². The van der Waals surface area contributed by atoms with Crippen molar-refractivity contribution < 1.29 is 4.79 Å². The Morgan fingerprint density at radius 1 is 1.17 bits per heavy atom. The number of nitrogens with zero attached hydrogens (tertiary/aromatic N) is 5. The molecule has 0 aliphatic heterocycles. The van der Waals surface area contributed by atoms with Gasteiger partial charge in [0.05, 0.1) is 6.20 Å². The van der Waals surface area contributed by atoms with Crippen molar-refractivity contribution in [2.75, 3.05) is 0 Å². The van der Waals surface area contributed by atoms with Crippen LogP contribution in [0.4, 0.5) is 0 Å². The van der Waals surface area contributed by atoms with Crippen molar-refractivity contribution in [1.82, 2.24) is 29.9 Å². The Bertz CT molecular complexity index is 828. The minimum Gasteiger partial charge on any atom is -0.347 e. The summed E-state index contributed by atoms with van der Waals surface area (Å²) in [6, 6.07) is 3.76. The molecule has 0 fully saturated rings. The lowest BCUT2D eigenvalue weighted by atomic mass is 10.1. The molecule has 0 aromatic carbocycles. The molecule has 3 rings (SSSR count). The number of carbonyl (C=O) groups is 1. The summed E-state index contributed by atoms with van der Waals surface area (Å²) in [4.78, 5) is 16.4. The third-order valence-corrected chi connectivity index (χ3v) is 3.63. The van der Waals surface area contributed by atoms with Gasteiger partial charge in [-0.25, -0.2) is 0 Å². The molecule has 7 heteroatoms. The standard InChI is InChI=1S/C16H18N6O/c1-11-4-15(20-22(11)3)16(23)18-7-12-5-13(8-17-6-12)14-9-19-21(2)10-14/h4-6,8-10H,7H2,1-3H3,(H,18,23). The summed E-state index contributed by atoms with van der Waals surface area (Å²) >= 11 is 0. The van der Waals surface area contributed by atoms with Crippen LogP contribution in [0, 0.1) is 6.92 Å². The van der Waals surface area contributed by atoms with Crippen LogP contribution in [-0.4, -0.2) is 30.5 Å². The number of amides is 1. The van der Waals surface area contributed by atoms with Crippen molar-refractivity contribution in [3.05, 3.63) is 53.9 Å². The van der Waals surface area contributed by atoms with Gasteiger partial charge in [-0.15, -0.1) is 0 Å². The van der Waals surface area contributed by atoms with Gasteiger partial charge in [-0.3, -0.25) is 19.1 Å². The Morgan fingerprint density at radius 2 is 2.00 bits per heavy atom. The number of aromatic nitrogens is 5. The molecule has 3 aromatic rings. The Labute approximate surface area is 134 Å². The van der Waals surface area contributed by atoms with E-state index in [0.717, 1.165) is 22.4 Å². The molecule has 0 bridgehead atoms. The highest BCUT2D eigenvalue weighted by molar-refractivity contribution is 5.92. The molecule has 23 heavy (non-hydrogen) atoms. The number of pyridine rings is 1. The van der Waals surface area contributed by atoms with Crippen LogP contribution in [0.2, 0.25) is 0 Å². The van der Waals surface area contributed by atoms with Crippen molar-refractivity contribution in [1.29, 1.82) is 0 Å². The highest BCUT2D eigenvalue weighted by atomic mass is 16.1. The van der Waals surface area contributed by atoms with Crippen molar-refractivity contribution in [2.45, 2.75) is 13.5 Å². The molecular weight excluding hydrogens is 292 g/mol. The monoisotopic (exact) mass is 310 g/mol. The topological polar surface area (TPSA) is 77.6 Å². The Kier molecular flexibility index (Phi) is 3.92. The van der Waals surface area contributed by atoms with Gasteiger partial charge in [-0.2, -0.15) is 10.2 Å². The smallest absolute Gasteiger partial charge is 0.272 e. The first kappa shape index (κ1) is 15.0. The zero-order chi connectivity index (χ0) is 16.4. The van der Waals surface area contributed by atoms with Gasteiger partial charge < -0.3 is 5.32 Å². The molecule has 3 heterocycles. The van der Waals surface area contributed by atoms with E-state index in [1.165, 1.54) is 0 Å². The van der Waals surface area contributed by atoms with Crippen molar-refractivity contribution in [3.63, 3.8) is 0 Å². The van der Waals surface area contributed by atoms with E-state index in [2.05, 4.69) is 20.5 Å². The predicted octanol–water partition coefficient (Wildman–Crippen LogP) is 1.45. The molecule has 3 aromatic heterocycles. The molecule has 7 nitrogen and oxygen atoms in total. The predicted molar refractivity (Wildman–Crippen MR) is 85.6 cm³/mol. The number of hydrogen-bond donors (Lipinski definition) is 1. The fourth-order valence-electron chi connectivity index (χ4n) is 2.26. The third kappa shape index (κ3) is 3.28. The molecule has 0 atom stereocenters. The number of carbonyl (C=O) groups excluding carboxylic acids is 1. The molecular formula is C16H18N6O. The van der Waals surface area contributed by atoms with Crippen LogP contribution in [0.1, 0.15) is 21.7 Å². The van der Waals surface area contributed by atoms with E-state index >= 15 is 0 Å². The quantitative estimate of drug-likeness (QED) is 0.791. The van der Waals surface area contributed by atoms with E-state index in [-0.39, 0.29) is 5.91 Å². The Hall–Kier alpha value is -2.96. The lowest BCUT2D eigenvalue weighted by Gasteiger charge is -2.05. The third-order valence-electron chi connectivity index (χ3n) is 3.63. The molecule has 0 aliphatic rings. The van der Waals surface area contributed by atoms with Gasteiger partial charge >= 0.3 is 0 Å². The highest BCUT2D eigenvalue weighted by Gasteiger charge is 2.11. The maximum Gasteiger partial charge on any atom is 0.272 e. The number of aryl methyl sites for hydroxylation is 3. The second-order valence-corrected chi connectivity index (χ2v) is 5.46. The minimum absolute atomic E-state index is 0.194. The summed E-state index contributed by atoms with van der Waals surface area (Å²) < 4.78 is 3.42. The van der Waals surface area contributed by atoms with Gasteiger partial charge in [0, 0.05) is 56.1 Å². The van der Waals surface area contributed by atoms with Crippen LogP contribution in [-0.2, 0) is 20.6 Å². The maximum atomic E-state index is 12.1. The first-order valence-electron chi connectivity index (χ1n) is 7.25. The molecule has 0 spiro atoms. The highest BCUT2D eigenvalue weighted by Crippen LogP contribution is 2.18. The summed E-state index contributed by atoms with van der Waals surface area (Å²) in [5.41, 5.74) is 4.25. The Morgan fingerprint density at radius 3 is 2.65 bits per heavy atom. The van der Waals surface area contributed by atoms with Crippen LogP contribution in [0.3, 0.4) is 0 Å². The maximum absolute atomic E-state index is 12.1. The molecule has 1 amide bonds. The summed E-state index contributed by atoms with van der Waals surface area (Å²) in [6.07, 6.45) is 7.24. The largest absolute Gasteiger partial charge is 0.347 e. The van der Waals surface area contributed by atoms with E-state index in [1.54, 1.807) is 34.0 Å². The van der Waals surface area contributed by atoms with Crippen molar-refractivity contribution in [2.24, 2.45) is 14.1 Å². The summed E-state index contributed by atoms with van der Waals surface area (Å²) in [6.45, 7) is 2.31. The van der Waals surface area contributed by atoms with Crippen molar-refractivity contribution >= 4 is 5.91 Å². The van der Waals surface area contributed by atoms with Crippen LogP contribution in [0.15, 0.2) is 36.9 Å². The second kappa shape index (κ2) is 6.04. The average molecular weight is 310 g/mol. The fraction of sp³-hybridized carbons (Fsp3) is 0.250. The molecule has 0 radical (unpaired) electrons. The molecule has 0 unspecified atom stereocenters. The van der Waals surface area contributed by atoms with E-state index < -0.39 is 0 Å². The van der Waals surface area contributed by atoms with Crippen LogP contribution >= 0.6 is 0 Å². The zero-order valence-electron chi connectivity index (χ0n) is 13.3. The summed E-state index contributed by atoms with van der Waals surface area (Å²) in [7, 11) is 3.68. The van der Waals surface area contributed by atoms with Crippen molar-refractivity contribution in [3.8, 4) is 11.1 Å². The van der Waals surface area contributed by atoms with Gasteiger partial charge in [0.2, 0.25) is 0 Å². The average Bonchev–Trinajstić information content (AvgIpc) is 3.12. The number of nitrogens with one attached hydrogen (secondary N) is 1. The Balaban J connectivity index is 1.70. The van der Waals surface area contributed by atoms with Gasteiger partial charge in [0.1, 0.15) is 5.69 Å². The van der Waals surface area contributed by atoms with E-state index in [1.807, 2.05) is 33.3 Å². The number of hydrogen-bond acceptors (Lipinski definition) is 4. The van der Waals surface area contributed by atoms with Gasteiger partial charge in [-0.1, -0.05) is 0 Å². The normalized spacial score (nSPS) is 10.7. The molecule has 0 aliphatic carbocycles. The SMILES string of the molecule is Cc1cc(C(=O)NCc2cncc(-c3cnn(C)c3)c2)nn1C. The first-order valence-corrected chi connectivity index (χ1v) is 7.25.